The third kappa shape index (κ3) is 2.44. The predicted molar refractivity (Wildman–Crippen MR) is 59.6 cm³/mol. The molecule has 0 bridgehead atoms. The van der Waals surface area contributed by atoms with Gasteiger partial charge in [-0.15, -0.1) is 0 Å². The van der Waals surface area contributed by atoms with Crippen LogP contribution in [0.25, 0.3) is 0 Å². The van der Waals surface area contributed by atoms with Crippen molar-refractivity contribution in [3.05, 3.63) is 24.0 Å². The van der Waals surface area contributed by atoms with Crippen LogP contribution in [-0.2, 0) is 11.3 Å². The van der Waals surface area contributed by atoms with Gasteiger partial charge < -0.3 is 14.4 Å². The Bertz CT molecular complexity index is 395. The first-order valence-corrected chi connectivity index (χ1v) is 5.53. The van der Waals surface area contributed by atoms with Gasteiger partial charge in [0.1, 0.15) is 0 Å². The van der Waals surface area contributed by atoms with Crippen molar-refractivity contribution in [3.63, 3.8) is 0 Å². The highest BCUT2D eigenvalue weighted by atomic mass is 16.5. The van der Waals surface area contributed by atoms with Crippen molar-refractivity contribution in [2.24, 2.45) is 0 Å². The van der Waals surface area contributed by atoms with E-state index in [-0.39, 0.29) is 11.7 Å². The zero-order valence-corrected chi connectivity index (χ0v) is 9.64. The van der Waals surface area contributed by atoms with E-state index >= 15 is 0 Å². The first-order chi connectivity index (χ1) is 7.46. The number of hydrogen-bond acceptors (Lipinski definition) is 2. The molecule has 0 spiro atoms. The Morgan fingerprint density at radius 1 is 1.69 bits per heavy atom. The van der Waals surface area contributed by atoms with Gasteiger partial charge in [0, 0.05) is 18.9 Å². The molecule has 0 amide bonds. The fourth-order valence-corrected chi connectivity index (χ4v) is 2.12. The Morgan fingerprint density at radius 2 is 2.44 bits per heavy atom. The van der Waals surface area contributed by atoms with Crippen molar-refractivity contribution < 1.29 is 14.6 Å². The van der Waals surface area contributed by atoms with E-state index in [9.17, 15) is 4.79 Å². The Balaban J connectivity index is 1.97. The molecule has 2 rings (SSSR count). The quantitative estimate of drug-likeness (QED) is 0.854. The Labute approximate surface area is 94.8 Å². The lowest BCUT2D eigenvalue weighted by Crippen LogP contribution is -2.22. The summed E-state index contributed by atoms with van der Waals surface area (Å²) < 4.78 is 7.74. The fourth-order valence-electron chi connectivity index (χ4n) is 2.12. The molecule has 4 nitrogen and oxygen atoms in total. The van der Waals surface area contributed by atoms with Crippen LogP contribution in [0.3, 0.4) is 0 Å². The molecule has 1 saturated heterocycles. The minimum Gasteiger partial charge on any atom is -0.478 e. The molecule has 1 aliphatic rings. The van der Waals surface area contributed by atoms with Gasteiger partial charge >= 0.3 is 5.97 Å². The van der Waals surface area contributed by atoms with Gasteiger partial charge in [-0.3, -0.25) is 0 Å². The molecule has 1 atom stereocenters. The van der Waals surface area contributed by atoms with Crippen LogP contribution in [0.4, 0.5) is 0 Å². The Morgan fingerprint density at radius 3 is 2.94 bits per heavy atom. The molecule has 1 aromatic heterocycles. The average Bonchev–Trinajstić information content (AvgIpc) is 2.73. The standard InChI is InChI=1S/C12H17NO3/c1-12(2)5-3-10(16-12)8-13-6-4-9(7-13)11(14)15/h4,6-7,10H,3,5,8H2,1-2H3,(H,14,15). The minimum absolute atomic E-state index is 0.0343. The first kappa shape index (κ1) is 11.2. The summed E-state index contributed by atoms with van der Waals surface area (Å²) in [6.07, 6.45) is 5.73. The second-order valence-electron chi connectivity index (χ2n) is 4.94. The average molecular weight is 223 g/mol. The molecule has 0 saturated carbocycles. The van der Waals surface area contributed by atoms with Crippen molar-refractivity contribution in [1.82, 2.24) is 4.57 Å². The number of rotatable bonds is 3. The van der Waals surface area contributed by atoms with Gasteiger partial charge in [-0.1, -0.05) is 0 Å². The number of carboxylic acids is 1. The van der Waals surface area contributed by atoms with Crippen LogP contribution in [0.2, 0.25) is 0 Å². The van der Waals surface area contributed by atoms with Crippen molar-refractivity contribution >= 4 is 5.97 Å². The van der Waals surface area contributed by atoms with E-state index in [4.69, 9.17) is 9.84 Å². The predicted octanol–water partition coefficient (Wildman–Crippen LogP) is 2.14. The molecular weight excluding hydrogens is 206 g/mol. The lowest BCUT2D eigenvalue weighted by atomic mass is 10.1. The summed E-state index contributed by atoms with van der Waals surface area (Å²) in [7, 11) is 0. The first-order valence-electron chi connectivity index (χ1n) is 5.53. The monoisotopic (exact) mass is 223 g/mol. The van der Waals surface area contributed by atoms with Gasteiger partial charge in [0.25, 0.3) is 0 Å². The van der Waals surface area contributed by atoms with Gasteiger partial charge in [0.15, 0.2) is 0 Å². The van der Waals surface area contributed by atoms with Gasteiger partial charge in [-0.05, 0) is 32.8 Å². The van der Waals surface area contributed by atoms with E-state index in [2.05, 4.69) is 13.8 Å². The molecule has 1 unspecified atom stereocenters. The van der Waals surface area contributed by atoms with Crippen LogP contribution < -0.4 is 0 Å². The van der Waals surface area contributed by atoms with Crippen LogP contribution in [0, 0.1) is 0 Å². The van der Waals surface area contributed by atoms with E-state index in [1.54, 1.807) is 18.5 Å². The lowest BCUT2D eigenvalue weighted by molar-refractivity contribution is -0.0216. The van der Waals surface area contributed by atoms with Crippen LogP contribution in [0.15, 0.2) is 18.5 Å². The number of aromatic carboxylic acids is 1. The van der Waals surface area contributed by atoms with Crippen molar-refractivity contribution in [3.8, 4) is 0 Å². The Kier molecular flexibility index (Phi) is 2.76. The molecule has 0 aliphatic carbocycles. The number of carbonyl (C=O) groups is 1. The highest BCUT2D eigenvalue weighted by Crippen LogP contribution is 2.30. The summed E-state index contributed by atoms with van der Waals surface area (Å²) in [6, 6.07) is 1.61. The molecule has 4 heteroatoms. The lowest BCUT2D eigenvalue weighted by Gasteiger charge is -2.19. The van der Waals surface area contributed by atoms with Crippen molar-refractivity contribution in [2.75, 3.05) is 0 Å². The minimum atomic E-state index is -0.883. The van der Waals surface area contributed by atoms with Crippen molar-refractivity contribution in [1.29, 1.82) is 0 Å². The number of ether oxygens (including phenoxy) is 1. The fraction of sp³-hybridized carbons (Fsp3) is 0.583. The molecule has 88 valence electrons. The molecule has 0 radical (unpaired) electrons. The van der Waals surface area contributed by atoms with E-state index in [0.29, 0.717) is 5.56 Å². The topological polar surface area (TPSA) is 51.5 Å². The maximum atomic E-state index is 10.7. The van der Waals surface area contributed by atoms with Crippen LogP contribution in [0.1, 0.15) is 37.0 Å². The molecule has 0 aromatic carbocycles. The van der Waals surface area contributed by atoms with Gasteiger partial charge in [0.05, 0.1) is 17.3 Å². The number of hydrogen-bond donors (Lipinski definition) is 1. The van der Waals surface area contributed by atoms with Gasteiger partial charge in [0.2, 0.25) is 0 Å². The molecule has 1 fully saturated rings. The maximum Gasteiger partial charge on any atom is 0.337 e. The zero-order valence-electron chi connectivity index (χ0n) is 9.64. The van der Waals surface area contributed by atoms with E-state index < -0.39 is 5.97 Å². The molecule has 1 aliphatic heterocycles. The Hall–Kier alpha value is -1.29. The van der Waals surface area contributed by atoms with Gasteiger partial charge in [-0.2, -0.15) is 0 Å². The summed E-state index contributed by atoms with van der Waals surface area (Å²) in [5.74, 6) is -0.883. The highest BCUT2D eigenvalue weighted by Gasteiger charge is 2.31. The summed E-state index contributed by atoms with van der Waals surface area (Å²) in [5.41, 5.74) is 0.297. The summed E-state index contributed by atoms with van der Waals surface area (Å²) in [5, 5.41) is 8.80. The molecular formula is C12H17NO3. The van der Waals surface area contributed by atoms with Gasteiger partial charge in [-0.25, -0.2) is 4.79 Å². The van der Waals surface area contributed by atoms with E-state index in [1.807, 2.05) is 4.57 Å². The molecule has 1 N–H and O–H groups in total. The second kappa shape index (κ2) is 3.94. The third-order valence-corrected chi connectivity index (χ3v) is 2.97. The van der Waals surface area contributed by atoms with Crippen LogP contribution in [0.5, 0.6) is 0 Å². The van der Waals surface area contributed by atoms with Crippen LogP contribution >= 0.6 is 0 Å². The summed E-state index contributed by atoms with van der Waals surface area (Å²) >= 11 is 0. The smallest absolute Gasteiger partial charge is 0.337 e. The molecule has 2 heterocycles. The second-order valence-corrected chi connectivity index (χ2v) is 4.94. The largest absolute Gasteiger partial charge is 0.478 e. The van der Waals surface area contributed by atoms with E-state index in [1.165, 1.54) is 0 Å². The van der Waals surface area contributed by atoms with E-state index in [0.717, 1.165) is 19.4 Å². The number of nitrogens with zero attached hydrogens (tertiary/aromatic N) is 1. The van der Waals surface area contributed by atoms with Crippen LogP contribution in [-0.4, -0.2) is 27.3 Å². The molecule has 1 aromatic rings. The SMILES string of the molecule is CC1(C)CCC(Cn2ccc(C(=O)O)c2)O1. The molecule has 16 heavy (non-hydrogen) atoms. The van der Waals surface area contributed by atoms with Crippen molar-refractivity contribution in [2.45, 2.75) is 44.9 Å². The normalized spacial score (nSPS) is 23.5. The highest BCUT2D eigenvalue weighted by molar-refractivity contribution is 5.87. The summed E-state index contributed by atoms with van der Waals surface area (Å²) in [6.45, 7) is 4.91. The maximum absolute atomic E-state index is 10.7. The summed E-state index contributed by atoms with van der Waals surface area (Å²) in [4.78, 5) is 10.7. The number of aromatic nitrogens is 1. The third-order valence-electron chi connectivity index (χ3n) is 2.97. The zero-order chi connectivity index (χ0) is 11.8. The number of carboxylic acid groups (broad SMARTS) is 1.